The van der Waals surface area contributed by atoms with Crippen molar-refractivity contribution in [1.29, 1.82) is 0 Å². The average Bonchev–Trinajstić information content (AvgIpc) is 3.16. The molecule has 0 N–H and O–H groups in total. The van der Waals surface area contributed by atoms with Crippen molar-refractivity contribution >= 4 is 17.2 Å². The molecule has 1 aromatic carbocycles. The first-order chi connectivity index (χ1) is 12.6. The topological polar surface area (TPSA) is 55.3 Å². The molecular formula is C20H21N3O2S. The third-order valence-electron chi connectivity index (χ3n) is 4.34. The monoisotopic (exact) mass is 367 g/mol. The molecule has 0 saturated carbocycles. The van der Waals surface area contributed by atoms with Crippen molar-refractivity contribution in [3.63, 3.8) is 0 Å². The van der Waals surface area contributed by atoms with Gasteiger partial charge in [-0.25, -0.2) is 4.98 Å². The zero-order chi connectivity index (χ0) is 18.5. The maximum Gasteiger partial charge on any atom is 0.228 e. The van der Waals surface area contributed by atoms with Gasteiger partial charge in [-0.05, 0) is 36.8 Å². The second-order valence-corrected chi connectivity index (χ2v) is 6.85. The lowest BCUT2D eigenvalue weighted by atomic mass is 10.1. The van der Waals surface area contributed by atoms with E-state index in [-0.39, 0.29) is 18.4 Å². The molecule has 2 heterocycles. The lowest BCUT2D eigenvalue weighted by Gasteiger charge is -2.25. The summed E-state index contributed by atoms with van der Waals surface area (Å²) in [6.07, 6.45) is 2.02. The Labute approximate surface area is 157 Å². The summed E-state index contributed by atoms with van der Waals surface area (Å²) in [6, 6.07) is 13.5. The zero-order valence-electron chi connectivity index (χ0n) is 15.0. The van der Waals surface area contributed by atoms with Crippen LogP contribution in [-0.4, -0.2) is 34.9 Å². The van der Waals surface area contributed by atoms with Crippen LogP contribution in [0.5, 0.6) is 5.75 Å². The first kappa shape index (κ1) is 18.1. The molecule has 0 aliphatic heterocycles. The van der Waals surface area contributed by atoms with Crippen LogP contribution in [0.1, 0.15) is 24.2 Å². The van der Waals surface area contributed by atoms with Gasteiger partial charge in [-0.1, -0.05) is 18.2 Å². The highest BCUT2D eigenvalue weighted by molar-refractivity contribution is 7.13. The Balaban J connectivity index is 1.66. The Morgan fingerprint density at radius 1 is 1.23 bits per heavy atom. The van der Waals surface area contributed by atoms with Crippen LogP contribution < -0.4 is 4.74 Å². The van der Waals surface area contributed by atoms with Crippen LogP contribution in [0.3, 0.4) is 0 Å². The van der Waals surface area contributed by atoms with Gasteiger partial charge in [0.1, 0.15) is 10.8 Å². The molecule has 0 fully saturated rings. The minimum absolute atomic E-state index is 0.0256. The van der Waals surface area contributed by atoms with Crippen LogP contribution >= 0.6 is 11.3 Å². The van der Waals surface area contributed by atoms with E-state index in [1.807, 2.05) is 61.8 Å². The molecule has 0 aliphatic rings. The van der Waals surface area contributed by atoms with Crippen molar-refractivity contribution in [3.05, 3.63) is 65.3 Å². The minimum Gasteiger partial charge on any atom is -0.497 e. The average molecular weight is 367 g/mol. The van der Waals surface area contributed by atoms with Gasteiger partial charge in [-0.15, -0.1) is 11.3 Å². The quantitative estimate of drug-likeness (QED) is 0.661. The Bertz CT molecular complexity index is 862. The van der Waals surface area contributed by atoms with Gasteiger partial charge in [0.05, 0.1) is 31.0 Å². The van der Waals surface area contributed by atoms with Crippen molar-refractivity contribution in [1.82, 2.24) is 14.9 Å². The summed E-state index contributed by atoms with van der Waals surface area (Å²) in [4.78, 5) is 23.2. The number of rotatable bonds is 6. The van der Waals surface area contributed by atoms with Crippen LogP contribution in [-0.2, 0) is 11.2 Å². The molecule has 5 nitrogen and oxygen atoms in total. The number of aromatic nitrogens is 2. The highest BCUT2D eigenvalue weighted by atomic mass is 32.1. The number of pyridine rings is 1. The molecule has 2 aromatic heterocycles. The highest BCUT2D eigenvalue weighted by Crippen LogP contribution is 2.24. The fourth-order valence-corrected chi connectivity index (χ4v) is 3.39. The van der Waals surface area contributed by atoms with Gasteiger partial charge in [0, 0.05) is 18.6 Å². The van der Waals surface area contributed by atoms with Crippen LogP contribution in [0.2, 0.25) is 0 Å². The SMILES string of the molecule is COc1ccc(C(C)N(C)C(=O)Cc2csc(-c3ccccn3)n2)cc1. The largest absolute Gasteiger partial charge is 0.497 e. The molecule has 0 saturated heterocycles. The number of amides is 1. The molecule has 0 bridgehead atoms. The molecule has 26 heavy (non-hydrogen) atoms. The number of methoxy groups -OCH3 is 1. The Kier molecular flexibility index (Phi) is 5.63. The highest BCUT2D eigenvalue weighted by Gasteiger charge is 2.19. The summed E-state index contributed by atoms with van der Waals surface area (Å²) in [5.74, 6) is 0.839. The summed E-state index contributed by atoms with van der Waals surface area (Å²) in [5, 5.41) is 2.76. The Morgan fingerprint density at radius 3 is 2.65 bits per heavy atom. The fraction of sp³-hybridized carbons (Fsp3) is 0.250. The predicted octanol–water partition coefficient (Wildman–Crippen LogP) is 3.98. The summed E-state index contributed by atoms with van der Waals surface area (Å²) in [7, 11) is 3.46. The zero-order valence-corrected chi connectivity index (χ0v) is 15.9. The number of hydrogen-bond donors (Lipinski definition) is 0. The van der Waals surface area contributed by atoms with E-state index in [1.165, 1.54) is 11.3 Å². The van der Waals surface area contributed by atoms with E-state index < -0.39 is 0 Å². The first-order valence-corrected chi connectivity index (χ1v) is 9.22. The van der Waals surface area contributed by atoms with Gasteiger partial charge in [0.15, 0.2) is 0 Å². The van der Waals surface area contributed by atoms with Crippen molar-refractivity contribution in [2.75, 3.05) is 14.2 Å². The van der Waals surface area contributed by atoms with Gasteiger partial charge in [0.2, 0.25) is 5.91 Å². The van der Waals surface area contributed by atoms with E-state index in [9.17, 15) is 4.79 Å². The number of ether oxygens (including phenoxy) is 1. The summed E-state index contributed by atoms with van der Waals surface area (Å²) < 4.78 is 5.18. The van der Waals surface area contributed by atoms with Gasteiger partial charge < -0.3 is 9.64 Å². The third-order valence-corrected chi connectivity index (χ3v) is 5.25. The summed E-state index contributed by atoms with van der Waals surface area (Å²) in [6.45, 7) is 2.01. The molecule has 0 aliphatic carbocycles. The maximum atomic E-state index is 12.6. The van der Waals surface area contributed by atoms with Gasteiger partial charge >= 0.3 is 0 Å². The number of hydrogen-bond acceptors (Lipinski definition) is 5. The maximum absolute atomic E-state index is 12.6. The summed E-state index contributed by atoms with van der Waals surface area (Å²) in [5.41, 5.74) is 2.67. The lowest BCUT2D eigenvalue weighted by molar-refractivity contribution is -0.131. The molecular weight excluding hydrogens is 346 g/mol. The van der Waals surface area contributed by atoms with Gasteiger partial charge in [-0.3, -0.25) is 9.78 Å². The standard InChI is InChI=1S/C20H21N3O2S/c1-14(15-7-9-17(25-3)10-8-15)23(2)19(24)12-16-13-26-20(22-16)18-6-4-5-11-21-18/h4-11,13-14H,12H2,1-3H3. The van der Waals surface area contributed by atoms with Crippen molar-refractivity contribution in [2.45, 2.75) is 19.4 Å². The Morgan fingerprint density at radius 2 is 2.00 bits per heavy atom. The van der Waals surface area contributed by atoms with E-state index >= 15 is 0 Å². The second kappa shape index (κ2) is 8.10. The number of benzene rings is 1. The normalized spacial score (nSPS) is 11.8. The van der Waals surface area contributed by atoms with Crippen molar-refractivity contribution in [3.8, 4) is 16.5 Å². The molecule has 1 amide bonds. The minimum atomic E-state index is -0.0256. The molecule has 3 rings (SSSR count). The molecule has 3 aromatic rings. The van der Waals surface area contributed by atoms with Crippen LogP contribution in [0.25, 0.3) is 10.7 Å². The molecule has 1 atom stereocenters. The number of carbonyl (C=O) groups excluding carboxylic acids is 1. The van der Waals surface area contributed by atoms with E-state index in [1.54, 1.807) is 18.2 Å². The molecule has 6 heteroatoms. The van der Waals surface area contributed by atoms with E-state index in [4.69, 9.17) is 4.74 Å². The van der Waals surface area contributed by atoms with E-state index in [2.05, 4.69) is 9.97 Å². The number of thiazole rings is 1. The predicted molar refractivity (Wildman–Crippen MR) is 103 cm³/mol. The number of carbonyl (C=O) groups is 1. The first-order valence-electron chi connectivity index (χ1n) is 8.34. The van der Waals surface area contributed by atoms with Crippen LogP contribution in [0.4, 0.5) is 0 Å². The fourth-order valence-electron chi connectivity index (χ4n) is 2.60. The summed E-state index contributed by atoms with van der Waals surface area (Å²) >= 11 is 1.51. The van der Waals surface area contributed by atoms with Crippen LogP contribution in [0, 0.1) is 0 Å². The molecule has 0 radical (unpaired) electrons. The third kappa shape index (κ3) is 4.08. The molecule has 134 valence electrons. The van der Waals surface area contributed by atoms with Gasteiger partial charge in [-0.2, -0.15) is 0 Å². The second-order valence-electron chi connectivity index (χ2n) is 5.99. The smallest absolute Gasteiger partial charge is 0.228 e. The van der Waals surface area contributed by atoms with E-state index in [0.717, 1.165) is 27.7 Å². The number of likely N-dealkylation sites (N-methyl/N-ethyl adjacent to an activating group) is 1. The molecule has 1 unspecified atom stereocenters. The van der Waals surface area contributed by atoms with Crippen molar-refractivity contribution in [2.24, 2.45) is 0 Å². The van der Waals surface area contributed by atoms with Crippen molar-refractivity contribution < 1.29 is 9.53 Å². The Hall–Kier alpha value is -2.73. The van der Waals surface area contributed by atoms with Gasteiger partial charge in [0.25, 0.3) is 0 Å². The lowest BCUT2D eigenvalue weighted by Crippen LogP contribution is -2.31. The molecule has 0 spiro atoms. The van der Waals surface area contributed by atoms with E-state index in [0.29, 0.717) is 0 Å². The van der Waals surface area contributed by atoms with Crippen LogP contribution in [0.15, 0.2) is 54.0 Å². The number of nitrogens with zero attached hydrogens (tertiary/aromatic N) is 3.